The third kappa shape index (κ3) is 9.00. The van der Waals surface area contributed by atoms with Crippen molar-refractivity contribution in [2.45, 2.75) is 0 Å². The van der Waals surface area contributed by atoms with Crippen molar-refractivity contribution in [1.82, 2.24) is 0 Å². The van der Waals surface area contributed by atoms with Crippen molar-refractivity contribution >= 4 is 45.5 Å². The second kappa shape index (κ2) is 20.0. The molecule has 0 aromatic rings. The monoisotopic (exact) mass is 128 g/mol. The Morgan fingerprint density at radius 2 is 1.00 bits per heavy atom. The molecule has 16 valence electrons. The van der Waals surface area contributed by atoms with Gasteiger partial charge >= 0.3 is 64.3 Å². The van der Waals surface area contributed by atoms with Crippen LogP contribution in [0.4, 0.5) is 0 Å². The Hall–Kier alpha value is 2.00. The van der Waals surface area contributed by atoms with Crippen molar-refractivity contribution in [3.63, 3.8) is 0 Å². The van der Waals surface area contributed by atoms with E-state index in [1.54, 1.807) is 0 Å². The molecule has 0 aliphatic heterocycles. The van der Waals surface area contributed by atoms with E-state index in [-0.39, 0.29) is 75.3 Å². The molecule has 0 unspecified atom stereocenters. The summed E-state index contributed by atoms with van der Waals surface area (Å²) in [5, 5.41) is 0. The van der Waals surface area contributed by atoms with Crippen LogP contribution in [0.3, 0.4) is 0 Å². The van der Waals surface area contributed by atoms with Crippen molar-refractivity contribution in [3.05, 3.63) is 0 Å². The molecule has 4 heteroatoms. The van der Waals surface area contributed by atoms with E-state index < -0.39 is 0 Å². The quantitative estimate of drug-likeness (QED) is 0.310. The molecule has 0 atom stereocenters. The van der Waals surface area contributed by atoms with Gasteiger partial charge in [-0.15, -0.1) is 0 Å². The van der Waals surface area contributed by atoms with Crippen molar-refractivity contribution in [1.29, 1.82) is 0 Å². The van der Waals surface area contributed by atoms with Gasteiger partial charge in [-0.1, -0.05) is 0 Å². The molecule has 4 heavy (non-hydrogen) atoms. The van der Waals surface area contributed by atoms with E-state index in [1.807, 2.05) is 0 Å². The maximum absolute atomic E-state index is 0. The predicted octanol–water partition coefficient (Wildman–Crippen LogP) is -3.67. The first-order chi connectivity index (χ1) is 0. The minimum Gasteiger partial charge on any atom is -2.00 e. The summed E-state index contributed by atoms with van der Waals surface area (Å²) in [6, 6.07) is 0. The van der Waals surface area contributed by atoms with E-state index >= 15 is 0 Å². The van der Waals surface area contributed by atoms with E-state index in [0.29, 0.717) is 0 Å². The van der Waals surface area contributed by atoms with Gasteiger partial charge < -0.3 is 11.0 Å². The van der Waals surface area contributed by atoms with Crippen molar-refractivity contribution in [3.8, 4) is 0 Å². The van der Waals surface area contributed by atoms with Gasteiger partial charge in [0.1, 0.15) is 0 Å². The van der Waals surface area contributed by atoms with Crippen molar-refractivity contribution in [2.75, 3.05) is 0 Å². The molecule has 0 aliphatic carbocycles. The van der Waals surface area contributed by atoms with Gasteiger partial charge in [0, 0.05) is 0 Å². The zero-order chi connectivity index (χ0) is 0. The van der Waals surface area contributed by atoms with E-state index in [4.69, 9.17) is 0 Å². The van der Waals surface area contributed by atoms with Crippen LogP contribution >= 0.6 is 0 Å². The van der Waals surface area contributed by atoms with E-state index in [2.05, 4.69) is 0 Å². The molecular formula is HLiO2Sr. The summed E-state index contributed by atoms with van der Waals surface area (Å²) in [5.74, 6) is 0. The minimum atomic E-state index is 0. The normalized spacial score (nSPS) is 0. The molecule has 2 nitrogen and oxygen atoms in total. The number of hydrogen-bond acceptors (Lipinski definition) is 1. The largest absolute Gasteiger partial charge is 2.00 e. The van der Waals surface area contributed by atoms with Crippen LogP contribution in [-0.2, 0) is 5.48 Å². The summed E-state index contributed by atoms with van der Waals surface area (Å²) in [5.41, 5.74) is 0. The van der Waals surface area contributed by atoms with Crippen LogP contribution < -0.4 is 18.9 Å². The molecule has 0 bridgehead atoms. The Kier molecular flexibility index (Phi) is 188. The van der Waals surface area contributed by atoms with Crippen LogP contribution in [0.25, 0.3) is 0 Å². The van der Waals surface area contributed by atoms with Gasteiger partial charge in [0.05, 0.1) is 0 Å². The van der Waals surface area contributed by atoms with E-state index in [1.165, 1.54) is 0 Å². The van der Waals surface area contributed by atoms with Crippen LogP contribution in [-0.4, -0.2) is 51.0 Å². The first-order valence-corrected chi connectivity index (χ1v) is 0. The molecule has 0 fully saturated rings. The first-order valence-electron chi connectivity index (χ1n) is 0. The maximum atomic E-state index is 0. The van der Waals surface area contributed by atoms with E-state index in [0.717, 1.165) is 0 Å². The first kappa shape index (κ1) is 37.5. The Balaban J connectivity index is 0. The third-order valence-corrected chi connectivity index (χ3v) is 0. The Morgan fingerprint density at radius 3 is 1.00 bits per heavy atom. The molecular weight excluding hydrogens is 127 g/mol. The zero-order valence-corrected chi connectivity index (χ0v) is 6.04. The van der Waals surface area contributed by atoms with Crippen LogP contribution in [0.1, 0.15) is 0 Å². The van der Waals surface area contributed by atoms with Gasteiger partial charge in [0.25, 0.3) is 0 Å². The smallest absolute Gasteiger partial charge is 2.00 e. The SMILES string of the molecule is [Li+].[O-2].[OH-].[Sr+2]. The standard InChI is InChI=1S/Li.H2O.O.Sr/h;1H2;;/q+1;;-2;+2/p-1. The van der Waals surface area contributed by atoms with Gasteiger partial charge in [-0.05, 0) is 0 Å². The Labute approximate surface area is 74.0 Å². The third-order valence-electron chi connectivity index (χ3n) is 0. The van der Waals surface area contributed by atoms with Crippen molar-refractivity contribution < 1.29 is 29.8 Å². The predicted molar refractivity (Wildman–Crippen MR) is 8.38 cm³/mol. The average molecular weight is 128 g/mol. The average Bonchev–Trinajstić information content (AvgIpc) is 0. The molecule has 0 radical (unpaired) electrons. The summed E-state index contributed by atoms with van der Waals surface area (Å²) < 4.78 is 0. The minimum absolute atomic E-state index is 0. The van der Waals surface area contributed by atoms with Gasteiger partial charge in [-0.2, -0.15) is 0 Å². The van der Waals surface area contributed by atoms with Gasteiger partial charge in [-0.25, -0.2) is 0 Å². The molecule has 0 heterocycles. The molecule has 0 aromatic carbocycles. The van der Waals surface area contributed by atoms with Gasteiger partial charge in [0.15, 0.2) is 0 Å². The maximum Gasteiger partial charge on any atom is 2.00 e. The molecule has 0 aliphatic rings. The fraction of sp³-hybridized carbons (Fsp3) is 0. The summed E-state index contributed by atoms with van der Waals surface area (Å²) in [6.07, 6.45) is 0. The summed E-state index contributed by atoms with van der Waals surface area (Å²) in [7, 11) is 0. The van der Waals surface area contributed by atoms with Crippen LogP contribution in [0.5, 0.6) is 0 Å². The summed E-state index contributed by atoms with van der Waals surface area (Å²) in [4.78, 5) is 0. The molecule has 0 rings (SSSR count). The fourth-order valence-electron chi connectivity index (χ4n) is 0. The summed E-state index contributed by atoms with van der Waals surface area (Å²) in [6.45, 7) is 0. The zero-order valence-electron chi connectivity index (χ0n) is 2.56. The Morgan fingerprint density at radius 1 is 1.00 bits per heavy atom. The molecule has 0 amide bonds. The van der Waals surface area contributed by atoms with Crippen LogP contribution in [0, 0.1) is 0 Å². The molecule has 0 spiro atoms. The second-order valence-corrected chi connectivity index (χ2v) is 0. The Bertz CT molecular complexity index is 6.00. The van der Waals surface area contributed by atoms with Gasteiger partial charge in [0.2, 0.25) is 0 Å². The molecule has 1 N–H and O–H groups in total. The topological polar surface area (TPSA) is 58.5 Å². The summed E-state index contributed by atoms with van der Waals surface area (Å²) >= 11 is 0. The van der Waals surface area contributed by atoms with Crippen molar-refractivity contribution in [2.24, 2.45) is 0 Å². The molecule has 0 saturated heterocycles. The van der Waals surface area contributed by atoms with Crippen LogP contribution in [0.15, 0.2) is 0 Å². The second-order valence-electron chi connectivity index (χ2n) is 0. The molecule has 0 aromatic heterocycles. The number of rotatable bonds is 0. The fourth-order valence-corrected chi connectivity index (χ4v) is 0. The number of hydrogen-bond donors (Lipinski definition) is 0. The van der Waals surface area contributed by atoms with Gasteiger partial charge in [-0.3, -0.25) is 0 Å². The van der Waals surface area contributed by atoms with Crippen LogP contribution in [0.2, 0.25) is 0 Å². The molecule has 0 saturated carbocycles. The van der Waals surface area contributed by atoms with E-state index in [9.17, 15) is 0 Å².